The zero-order valence-electron chi connectivity index (χ0n) is 19.6. The summed E-state index contributed by atoms with van der Waals surface area (Å²) >= 11 is 0. The van der Waals surface area contributed by atoms with Gasteiger partial charge in [0.15, 0.2) is 17.5 Å². The maximum Gasteiger partial charge on any atom is 0.193 e. The molecular formula is C23H40N4O3. The first-order chi connectivity index (χ1) is 14.5. The van der Waals surface area contributed by atoms with Gasteiger partial charge < -0.3 is 29.3 Å². The summed E-state index contributed by atoms with van der Waals surface area (Å²) in [6, 6.07) is 6.23. The highest BCUT2D eigenvalue weighted by atomic mass is 16.5. The van der Waals surface area contributed by atoms with E-state index in [0.717, 1.165) is 55.2 Å². The molecule has 1 N–H and O–H groups in total. The molecule has 1 heterocycles. The topological polar surface area (TPSA) is 58.6 Å². The van der Waals surface area contributed by atoms with Crippen LogP contribution in [0.1, 0.15) is 37.8 Å². The second kappa shape index (κ2) is 12.6. The van der Waals surface area contributed by atoms with E-state index in [-0.39, 0.29) is 6.04 Å². The van der Waals surface area contributed by atoms with Crippen LogP contribution in [0.4, 0.5) is 0 Å². The van der Waals surface area contributed by atoms with Crippen molar-refractivity contribution in [1.29, 1.82) is 0 Å². The van der Waals surface area contributed by atoms with Gasteiger partial charge in [-0.1, -0.05) is 6.07 Å². The van der Waals surface area contributed by atoms with Gasteiger partial charge in [0.05, 0.1) is 26.8 Å². The van der Waals surface area contributed by atoms with Crippen LogP contribution in [0, 0.1) is 5.92 Å². The zero-order chi connectivity index (χ0) is 21.9. The highest BCUT2D eigenvalue weighted by Gasteiger charge is 2.18. The molecule has 0 aliphatic carbocycles. The standard InChI is InChI=1S/C23H40N4O3/c1-7-24-23(27(4)13-10-18-11-14-30-15-12-18)25-17-20(26(2)3)19-8-9-21(28-5)22(16-19)29-6/h8-9,16,18,20H,7,10-15,17H2,1-6H3,(H,24,25). The Bertz CT molecular complexity index is 660. The Morgan fingerprint density at radius 3 is 2.47 bits per heavy atom. The molecule has 170 valence electrons. The molecule has 7 nitrogen and oxygen atoms in total. The van der Waals surface area contributed by atoms with Gasteiger partial charge in [0.25, 0.3) is 0 Å². The maximum atomic E-state index is 5.49. The van der Waals surface area contributed by atoms with Crippen LogP contribution in [0.25, 0.3) is 0 Å². The van der Waals surface area contributed by atoms with Gasteiger partial charge in [0, 0.05) is 33.4 Å². The second-order valence-electron chi connectivity index (χ2n) is 8.05. The smallest absolute Gasteiger partial charge is 0.193 e. The van der Waals surface area contributed by atoms with Crippen molar-refractivity contribution in [3.8, 4) is 11.5 Å². The van der Waals surface area contributed by atoms with Crippen molar-refractivity contribution in [3.05, 3.63) is 23.8 Å². The second-order valence-corrected chi connectivity index (χ2v) is 8.05. The Hall–Kier alpha value is -1.99. The average Bonchev–Trinajstić information content (AvgIpc) is 2.77. The van der Waals surface area contributed by atoms with Gasteiger partial charge in [-0.3, -0.25) is 4.99 Å². The number of benzene rings is 1. The summed E-state index contributed by atoms with van der Waals surface area (Å²) in [6.45, 7) is 6.42. The minimum absolute atomic E-state index is 0.141. The molecule has 1 saturated heterocycles. The first kappa shape index (κ1) is 24.3. The molecule has 7 heteroatoms. The van der Waals surface area contributed by atoms with E-state index in [1.807, 2.05) is 12.1 Å². The van der Waals surface area contributed by atoms with Gasteiger partial charge in [-0.05, 0) is 63.9 Å². The Morgan fingerprint density at radius 1 is 1.17 bits per heavy atom. The van der Waals surface area contributed by atoms with E-state index in [0.29, 0.717) is 6.54 Å². The van der Waals surface area contributed by atoms with E-state index >= 15 is 0 Å². The van der Waals surface area contributed by atoms with E-state index in [1.54, 1.807) is 14.2 Å². The van der Waals surface area contributed by atoms with Crippen molar-refractivity contribution in [2.24, 2.45) is 10.9 Å². The number of guanidine groups is 1. The lowest BCUT2D eigenvalue weighted by Gasteiger charge is -2.28. The fourth-order valence-electron chi connectivity index (χ4n) is 3.79. The van der Waals surface area contributed by atoms with E-state index in [9.17, 15) is 0 Å². The maximum absolute atomic E-state index is 5.49. The van der Waals surface area contributed by atoms with Gasteiger partial charge in [-0.25, -0.2) is 0 Å². The van der Waals surface area contributed by atoms with Crippen LogP contribution in [-0.2, 0) is 4.74 Å². The molecule has 0 radical (unpaired) electrons. The number of rotatable bonds is 10. The summed E-state index contributed by atoms with van der Waals surface area (Å²) in [7, 11) is 9.62. The van der Waals surface area contributed by atoms with Gasteiger partial charge >= 0.3 is 0 Å². The fourth-order valence-corrected chi connectivity index (χ4v) is 3.79. The van der Waals surface area contributed by atoms with Crippen LogP contribution in [0.2, 0.25) is 0 Å². The predicted molar refractivity (Wildman–Crippen MR) is 123 cm³/mol. The number of hydrogen-bond donors (Lipinski definition) is 1. The van der Waals surface area contributed by atoms with E-state index in [1.165, 1.54) is 19.3 Å². The highest BCUT2D eigenvalue weighted by molar-refractivity contribution is 5.79. The summed E-state index contributed by atoms with van der Waals surface area (Å²) in [5.74, 6) is 3.19. The van der Waals surface area contributed by atoms with Crippen LogP contribution in [0.3, 0.4) is 0 Å². The molecule has 0 saturated carbocycles. The average molecular weight is 421 g/mol. The van der Waals surface area contributed by atoms with E-state index < -0.39 is 0 Å². The minimum atomic E-state index is 0.141. The van der Waals surface area contributed by atoms with E-state index in [2.05, 4.69) is 49.2 Å². The molecule has 0 spiro atoms. The molecule has 0 bridgehead atoms. The molecule has 1 aliphatic heterocycles. The molecule has 0 aromatic heterocycles. The Balaban J connectivity index is 2.08. The van der Waals surface area contributed by atoms with Crippen molar-refractivity contribution >= 4 is 5.96 Å². The van der Waals surface area contributed by atoms with Gasteiger partial charge in [-0.2, -0.15) is 0 Å². The molecule has 1 aliphatic rings. The predicted octanol–water partition coefficient (Wildman–Crippen LogP) is 3.02. The number of hydrogen-bond acceptors (Lipinski definition) is 5. The molecule has 1 unspecified atom stereocenters. The van der Waals surface area contributed by atoms with Crippen LogP contribution >= 0.6 is 0 Å². The van der Waals surface area contributed by atoms with Crippen LogP contribution in [0.5, 0.6) is 11.5 Å². The van der Waals surface area contributed by atoms with Crippen molar-refractivity contribution in [2.45, 2.75) is 32.2 Å². The summed E-state index contributed by atoms with van der Waals surface area (Å²) in [5.41, 5.74) is 1.15. The molecule has 1 aromatic rings. The fraction of sp³-hybridized carbons (Fsp3) is 0.696. The van der Waals surface area contributed by atoms with Gasteiger partial charge in [0.2, 0.25) is 0 Å². The summed E-state index contributed by atoms with van der Waals surface area (Å²) in [6.07, 6.45) is 3.52. The van der Waals surface area contributed by atoms with Crippen molar-refractivity contribution in [1.82, 2.24) is 15.1 Å². The summed E-state index contributed by atoms with van der Waals surface area (Å²) < 4.78 is 16.4. The molecule has 1 atom stereocenters. The largest absolute Gasteiger partial charge is 0.493 e. The molecule has 1 aromatic carbocycles. The first-order valence-electron chi connectivity index (χ1n) is 11.0. The van der Waals surface area contributed by atoms with Gasteiger partial charge in [-0.15, -0.1) is 0 Å². The van der Waals surface area contributed by atoms with Crippen LogP contribution in [0.15, 0.2) is 23.2 Å². The number of nitrogens with zero attached hydrogens (tertiary/aromatic N) is 3. The summed E-state index contributed by atoms with van der Waals surface area (Å²) in [4.78, 5) is 9.41. The number of aliphatic imine (C=N–C) groups is 1. The van der Waals surface area contributed by atoms with Gasteiger partial charge in [0.1, 0.15) is 0 Å². The Morgan fingerprint density at radius 2 is 1.87 bits per heavy atom. The minimum Gasteiger partial charge on any atom is -0.493 e. The number of likely N-dealkylation sites (N-methyl/N-ethyl adjacent to an activating group) is 1. The monoisotopic (exact) mass is 420 g/mol. The molecular weight excluding hydrogens is 380 g/mol. The SMILES string of the molecule is CCNC(=NCC(c1ccc(OC)c(OC)c1)N(C)C)N(C)CCC1CCOCC1. The number of ether oxygens (including phenoxy) is 3. The lowest BCUT2D eigenvalue weighted by molar-refractivity contribution is 0.0625. The molecule has 2 rings (SSSR count). The van der Waals surface area contributed by atoms with Crippen molar-refractivity contribution in [2.75, 3.05) is 68.2 Å². The molecule has 1 fully saturated rings. The lowest BCUT2D eigenvalue weighted by Crippen LogP contribution is -2.40. The highest BCUT2D eigenvalue weighted by Crippen LogP contribution is 2.31. The van der Waals surface area contributed by atoms with Crippen molar-refractivity contribution < 1.29 is 14.2 Å². The van der Waals surface area contributed by atoms with Crippen molar-refractivity contribution in [3.63, 3.8) is 0 Å². The third-order valence-electron chi connectivity index (χ3n) is 5.74. The number of methoxy groups -OCH3 is 2. The summed E-state index contributed by atoms with van der Waals surface area (Å²) in [5, 5.41) is 3.44. The first-order valence-corrected chi connectivity index (χ1v) is 11.0. The van der Waals surface area contributed by atoms with Crippen LogP contribution < -0.4 is 14.8 Å². The number of nitrogens with one attached hydrogen (secondary N) is 1. The Labute approximate surface area is 182 Å². The third-order valence-corrected chi connectivity index (χ3v) is 5.74. The molecule has 0 amide bonds. The third kappa shape index (κ3) is 7.06. The van der Waals surface area contributed by atoms with E-state index in [4.69, 9.17) is 19.2 Å². The lowest BCUT2D eigenvalue weighted by atomic mass is 9.96. The Kier molecular flexibility index (Phi) is 10.2. The van der Waals surface area contributed by atoms with Crippen LogP contribution in [-0.4, -0.2) is 84.0 Å². The quantitative estimate of drug-likeness (QED) is 0.464. The molecule has 30 heavy (non-hydrogen) atoms. The zero-order valence-corrected chi connectivity index (χ0v) is 19.6. The normalized spacial score (nSPS) is 16.4.